The molecule has 0 amide bonds. The Hall–Kier alpha value is -5.86. The third-order valence-corrected chi connectivity index (χ3v) is 10.7. The number of benzene rings is 7. The molecular weight excluding hydrogens is 653 g/mol. The average Bonchev–Trinajstić information content (AvgIpc) is 3.22. The van der Waals surface area contributed by atoms with E-state index in [-0.39, 0.29) is 0 Å². The molecule has 2 heteroatoms. The monoisotopic (exact) mass is 704 g/mol. The van der Waals surface area contributed by atoms with Crippen LogP contribution in [0.3, 0.4) is 0 Å². The first-order chi connectivity index (χ1) is 26.5. The third-order valence-electron chi connectivity index (χ3n) is 10.7. The summed E-state index contributed by atoms with van der Waals surface area (Å²) in [7, 11) is 0. The van der Waals surface area contributed by atoms with Crippen LogP contribution in [0.15, 0.2) is 170 Å². The molecule has 0 aromatic heterocycles. The van der Waals surface area contributed by atoms with Crippen LogP contribution in [0.25, 0.3) is 0 Å². The summed E-state index contributed by atoms with van der Waals surface area (Å²) in [6.07, 6.45) is 6.08. The Labute approximate surface area is 323 Å². The van der Waals surface area contributed by atoms with Crippen LogP contribution in [-0.4, -0.2) is 0 Å². The highest BCUT2D eigenvalue weighted by atomic mass is 15.2. The summed E-state index contributed by atoms with van der Waals surface area (Å²) in [5.41, 5.74) is 18.1. The average molecular weight is 705 g/mol. The Bertz CT molecular complexity index is 2070. The maximum absolute atomic E-state index is 2.41. The Kier molecular flexibility index (Phi) is 11.7. The minimum absolute atomic E-state index is 0.993. The molecule has 0 atom stereocenters. The van der Waals surface area contributed by atoms with E-state index in [4.69, 9.17) is 0 Å². The van der Waals surface area contributed by atoms with E-state index in [1.165, 1.54) is 78.6 Å². The molecule has 0 spiro atoms. The molecule has 0 fully saturated rings. The maximum atomic E-state index is 2.41. The van der Waals surface area contributed by atoms with Crippen molar-refractivity contribution in [3.63, 3.8) is 0 Å². The number of para-hydroxylation sites is 4. The van der Waals surface area contributed by atoms with E-state index in [0.29, 0.717) is 0 Å². The van der Waals surface area contributed by atoms with Gasteiger partial charge in [0.1, 0.15) is 0 Å². The fraction of sp³-hybridized carbons (Fsp3) is 0.192. The van der Waals surface area contributed by atoms with E-state index in [2.05, 4.69) is 207 Å². The van der Waals surface area contributed by atoms with Crippen molar-refractivity contribution in [2.45, 2.75) is 66.2 Å². The summed E-state index contributed by atoms with van der Waals surface area (Å²) < 4.78 is 0. The Morgan fingerprint density at radius 3 is 0.926 bits per heavy atom. The molecule has 0 saturated carbocycles. The van der Waals surface area contributed by atoms with Gasteiger partial charge in [-0.2, -0.15) is 0 Å². The van der Waals surface area contributed by atoms with Crippen molar-refractivity contribution in [1.29, 1.82) is 0 Å². The number of hydrogen-bond donors (Lipinski definition) is 0. The smallest absolute Gasteiger partial charge is 0.0522 e. The van der Waals surface area contributed by atoms with E-state index < -0.39 is 0 Å². The minimum atomic E-state index is 0.993. The number of nitrogens with zero attached hydrogens (tertiary/aromatic N) is 2. The summed E-state index contributed by atoms with van der Waals surface area (Å²) in [4.78, 5) is 4.83. The molecule has 0 radical (unpaired) electrons. The second-order valence-electron chi connectivity index (χ2n) is 14.4. The lowest BCUT2D eigenvalue weighted by Gasteiger charge is -2.29. The van der Waals surface area contributed by atoms with Crippen LogP contribution in [0.5, 0.6) is 0 Å². The van der Waals surface area contributed by atoms with Crippen molar-refractivity contribution < 1.29 is 0 Å². The molecule has 0 unspecified atom stereocenters. The highest BCUT2D eigenvalue weighted by molar-refractivity contribution is 5.81. The van der Waals surface area contributed by atoms with Gasteiger partial charge in [0.25, 0.3) is 0 Å². The third kappa shape index (κ3) is 8.35. The van der Waals surface area contributed by atoms with Crippen molar-refractivity contribution in [2.24, 2.45) is 0 Å². The number of aryl methyl sites for hydroxylation is 8. The maximum Gasteiger partial charge on any atom is 0.0522 e. The fourth-order valence-electron chi connectivity index (χ4n) is 7.69. The van der Waals surface area contributed by atoms with Crippen LogP contribution < -0.4 is 9.80 Å². The first kappa shape index (κ1) is 36.5. The first-order valence-corrected chi connectivity index (χ1v) is 19.7. The van der Waals surface area contributed by atoms with Gasteiger partial charge in [0.2, 0.25) is 0 Å². The van der Waals surface area contributed by atoms with Gasteiger partial charge in [0.15, 0.2) is 0 Å². The van der Waals surface area contributed by atoms with Crippen LogP contribution in [-0.2, 0) is 38.5 Å². The molecule has 7 aromatic carbocycles. The second-order valence-corrected chi connectivity index (χ2v) is 14.4. The van der Waals surface area contributed by atoms with Gasteiger partial charge in [-0.05, 0) is 145 Å². The van der Waals surface area contributed by atoms with Gasteiger partial charge in [-0.25, -0.2) is 0 Å². The van der Waals surface area contributed by atoms with Crippen LogP contribution in [0.1, 0.15) is 58.4 Å². The Morgan fingerprint density at radius 2 is 0.611 bits per heavy atom. The lowest BCUT2D eigenvalue weighted by molar-refractivity contribution is 0.939. The van der Waals surface area contributed by atoms with E-state index >= 15 is 0 Å². The van der Waals surface area contributed by atoms with E-state index in [0.717, 1.165) is 38.5 Å². The van der Waals surface area contributed by atoms with E-state index in [1.54, 1.807) is 0 Å². The van der Waals surface area contributed by atoms with Crippen molar-refractivity contribution in [2.75, 3.05) is 9.80 Å². The summed E-state index contributed by atoms with van der Waals surface area (Å²) in [6.45, 7) is 8.92. The topological polar surface area (TPSA) is 6.48 Å². The molecule has 0 N–H and O–H groups in total. The number of anilines is 6. The number of rotatable bonds is 14. The van der Waals surface area contributed by atoms with Gasteiger partial charge in [-0.3, -0.25) is 0 Å². The molecule has 0 aliphatic carbocycles. The SMILES string of the molecule is CCc1cccc(C)c1N(c1ccccc1)c1ccc(CCc2ccc(CCc3ccc(N(c4ccccc4)c4c(C)cccc4CC)cc3)cc2)cc1. The zero-order chi connectivity index (χ0) is 37.3. The predicted octanol–water partition coefficient (Wildman–Crippen LogP) is 13.9. The fourth-order valence-corrected chi connectivity index (χ4v) is 7.69. The van der Waals surface area contributed by atoms with Crippen LogP contribution >= 0.6 is 0 Å². The van der Waals surface area contributed by atoms with Gasteiger partial charge in [0.05, 0.1) is 11.4 Å². The zero-order valence-electron chi connectivity index (χ0n) is 32.3. The lowest BCUT2D eigenvalue weighted by Crippen LogP contribution is -2.13. The van der Waals surface area contributed by atoms with Crippen molar-refractivity contribution in [3.05, 3.63) is 214 Å². The summed E-state index contributed by atoms with van der Waals surface area (Å²) in [6, 6.07) is 62.4. The van der Waals surface area contributed by atoms with Gasteiger partial charge < -0.3 is 9.80 Å². The molecule has 2 nitrogen and oxygen atoms in total. The molecule has 0 bridgehead atoms. The van der Waals surface area contributed by atoms with Gasteiger partial charge in [-0.1, -0.05) is 135 Å². The minimum Gasteiger partial charge on any atom is -0.310 e. The molecular formula is C52H52N2. The molecule has 270 valence electrons. The van der Waals surface area contributed by atoms with E-state index in [1.807, 2.05) is 0 Å². The van der Waals surface area contributed by atoms with Gasteiger partial charge in [-0.15, -0.1) is 0 Å². The Balaban J connectivity index is 0.986. The molecule has 0 heterocycles. The van der Waals surface area contributed by atoms with Crippen LogP contribution in [0, 0.1) is 13.8 Å². The quantitative estimate of drug-likeness (QED) is 0.111. The Morgan fingerprint density at radius 1 is 0.315 bits per heavy atom. The van der Waals surface area contributed by atoms with E-state index in [9.17, 15) is 0 Å². The van der Waals surface area contributed by atoms with Crippen LogP contribution in [0.2, 0.25) is 0 Å². The normalized spacial score (nSPS) is 11.0. The van der Waals surface area contributed by atoms with Crippen molar-refractivity contribution in [3.8, 4) is 0 Å². The lowest BCUT2D eigenvalue weighted by atomic mass is 9.99. The summed E-state index contributed by atoms with van der Waals surface area (Å²) >= 11 is 0. The molecule has 7 aromatic rings. The molecule has 0 saturated heterocycles. The van der Waals surface area contributed by atoms with Crippen LogP contribution in [0.4, 0.5) is 34.1 Å². The summed E-state index contributed by atoms with van der Waals surface area (Å²) in [5, 5.41) is 0. The molecule has 0 aliphatic rings. The molecule has 0 aliphatic heterocycles. The standard InChI is InChI=1S/C52H52N2/c1-5-45-17-13-15-39(3)51(45)53(47-19-9-7-10-20-47)49-35-31-43(32-36-49)29-27-41-23-25-42(26-24-41)28-30-44-33-37-50(38-34-44)54(48-21-11-8-12-22-48)52-40(4)16-14-18-46(52)6-2/h7-26,31-38H,5-6,27-30H2,1-4H3. The zero-order valence-corrected chi connectivity index (χ0v) is 32.3. The molecule has 54 heavy (non-hydrogen) atoms. The predicted molar refractivity (Wildman–Crippen MR) is 232 cm³/mol. The highest BCUT2D eigenvalue weighted by Crippen LogP contribution is 2.40. The molecule has 7 rings (SSSR count). The van der Waals surface area contributed by atoms with Gasteiger partial charge >= 0.3 is 0 Å². The highest BCUT2D eigenvalue weighted by Gasteiger charge is 2.19. The van der Waals surface area contributed by atoms with Crippen molar-refractivity contribution >= 4 is 34.1 Å². The first-order valence-electron chi connectivity index (χ1n) is 19.7. The van der Waals surface area contributed by atoms with Gasteiger partial charge in [0, 0.05) is 22.7 Å². The number of hydrogen-bond acceptors (Lipinski definition) is 2. The largest absolute Gasteiger partial charge is 0.310 e. The van der Waals surface area contributed by atoms with Crippen molar-refractivity contribution in [1.82, 2.24) is 0 Å². The second kappa shape index (κ2) is 17.3. The summed E-state index contributed by atoms with van der Waals surface area (Å²) in [5.74, 6) is 0.